The quantitative estimate of drug-likeness (QED) is 0.551. The van der Waals surface area contributed by atoms with Crippen LogP contribution in [0.3, 0.4) is 0 Å². The first-order valence-electron chi connectivity index (χ1n) is 7.54. The molecule has 0 saturated heterocycles. The molecule has 0 atom stereocenters. The number of benzene rings is 2. The van der Waals surface area contributed by atoms with Crippen molar-refractivity contribution < 1.29 is 13.2 Å². The molecule has 2 rings (SSSR count). The molecule has 2 aromatic carbocycles. The fourth-order valence-electron chi connectivity index (χ4n) is 2.12. The molecule has 25 heavy (non-hydrogen) atoms. The van der Waals surface area contributed by atoms with E-state index < -0.39 is 10.0 Å². The lowest BCUT2D eigenvalue weighted by atomic mass is 10.2. The molecule has 0 spiro atoms. The highest BCUT2D eigenvalue weighted by Crippen LogP contribution is 2.22. The van der Waals surface area contributed by atoms with Crippen molar-refractivity contribution in [3.8, 4) is 0 Å². The lowest BCUT2D eigenvalue weighted by Gasteiger charge is -2.11. The minimum absolute atomic E-state index is 0.162. The summed E-state index contributed by atoms with van der Waals surface area (Å²) in [4.78, 5) is 12.3. The summed E-state index contributed by atoms with van der Waals surface area (Å²) in [5.74, 6) is 0.338. The maximum atomic E-state index is 12.5. The van der Waals surface area contributed by atoms with E-state index in [1.165, 1.54) is 24.8 Å². The van der Waals surface area contributed by atoms with Gasteiger partial charge in [-0.05, 0) is 48.9 Å². The van der Waals surface area contributed by atoms with Gasteiger partial charge in [0.25, 0.3) is 0 Å². The molecular formula is C17H19ClN2O3S2. The summed E-state index contributed by atoms with van der Waals surface area (Å²) >= 11 is 7.37. The summed E-state index contributed by atoms with van der Waals surface area (Å²) in [7, 11) is -3.65. The number of thioether (sulfide) groups is 1. The molecule has 0 aliphatic carbocycles. The summed E-state index contributed by atoms with van der Waals surface area (Å²) < 4.78 is 27.6. The minimum atomic E-state index is -3.65. The number of hydrogen-bond donors (Lipinski definition) is 2. The van der Waals surface area contributed by atoms with E-state index in [2.05, 4.69) is 10.0 Å². The van der Waals surface area contributed by atoms with Crippen molar-refractivity contribution in [2.24, 2.45) is 0 Å². The Morgan fingerprint density at radius 2 is 1.84 bits per heavy atom. The van der Waals surface area contributed by atoms with Crippen LogP contribution in [0.5, 0.6) is 0 Å². The largest absolute Gasteiger partial charge is 0.326 e. The van der Waals surface area contributed by atoms with Gasteiger partial charge in [-0.15, -0.1) is 11.8 Å². The third kappa shape index (κ3) is 6.04. The van der Waals surface area contributed by atoms with Crippen LogP contribution in [0.2, 0.25) is 5.02 Å². The molecule has 0 heterocycles. The van der Waals surface area contributed by atoms with Crippen LogP contribution in [0.15, 0.2) is 52.3 Å². The minimum Gasteiger partial charge on any atom is -0.326 e. The number of amides is 1. The molecule has 0 radical (unpaired) electrons. The Hall–Kier alpha value is -1.54. The van der Waals surface area contributed by atoms with Crippen LogP contribution in [0, 0.1) is 6.92 Å². The van der Waals surface area contributed by atoms with Gasteiger partial charge < -0.3 is 5.32 Å². The monoisotopic (exact) mass is 398 g/mol. The summed E-state index contributed by atoms with van der Waals surface area (Å²) in [6, 6.07) is 12.2. The second-order valence-corrected chi connectivity index (χ2v) is 8.70. The second-order valence-electron chi connectivity index (χ2n) is 5.36. The molecule has 0 saturated carbocycles. The van der Waals surface area contributed by atoms with Crippen LogP contribution in [0.1, 0.15) is 12.5 Å². The Morgan fingerprint density at radius 1 is 1.16 bits per heavy atom. The predicted molar refractivity (Wildman–Crippen MR) is 103 cm³/mol. The van der Waals surface area contributed by atoms with Crippen LogP contribution >= 0.6 is 23.4 Å². The van der Waals surface area contributed by atoms with E-state index in [9.17, 15) is 13.2 Å². The van der Waals surface area contributed by atoms with Crippen molar-refractivity contribution in [1.82, 2.24) is 4.72 Å². The zero-order chi connectivity index (χ0) is 18.4. The molecular weight excluding hydrogens is 380 g/mol. The van der Waals surface area contributed by atoms with E-state index in [0.717, 1.165) is 4.90 Å². The van der Waals surface area contributed by atoms with Crippen molar-refractivity contribution in [3.05, 3.63) is 53.1 Å². The van der Waals surface area contributed by atoms with Crippen molar-refractivity contribution >= 4 is 45.0 Å². The molecule has 5 nitrogen and oxygen atoms in total. The van der Waals surface area contributed by atoms with Gasteiger partial charge in [0.1, 0.15) is 0 Å². The van der Waals surface area contributed by atoms with Crippen LogP contribution in [-0.2, 0) is 14.8 Å². The third-order valence-corrected chi connectivity index (χ3v) is 6.14. The molecule has 2 N–H and O–H groups in total. The van der Waals surface area contributed by atoms with Crippen LogP contribution in [0.4, 0.5) is 5.69 Å². The number of carbonyl (C=O) groups excluding carboxylic acids is 1. The topological polar surface area (TPSA) is 75.3 Å². The lowest BCUT2D eigenvalue weighted by Crippen LogP contribution is -2.26. The smallest absolute Gasteiger partial charge is 0.240 e. The molecule has 8 heteroatoms. The fourth-order valence-corrected chi connectivity index (χ4v) is 4.45. The van der Waals surface area contributed by atoms with Crippen molar-refractivity contribution in [2.45, 2.75) is 23.6 Å². The first-order valence-corrected chi connectivity index (χ1v) is 10.4. The van der Waals surface area contributed by atoms with E-state index in [1.807, 2.05) is 12.1 Å². The number of rotatable bonds is 7. The predicted octanol–water partition coefficient (Wildman–Crippen LogP) is 3.68. The molecule has 0 aromatic heterocycles. The number of anilines is 1. The number of hydrogen-bond acceptors (Lipinski definition) is 4. The SMILES string of the molecule is CC(=O)Nc1ccc(C)c(S(=O)(=O)NCCSc2ccc(Cl)cc2)c1. The van der Waals surface area contributed by atoms with Gasteiger partial charge in [-0.25, -0.2) is 13.1 Å². The zero-order valence-corrected chi connectivity index (χ0v) is 16.3. The number of halogens is 1. The number of nitrogens with one attached hydrogen (secondary N) is 2. The van der Waals surface area contributed by atoms with Gasteiger partial charge in [0.05, 0.1) is 4.90 Å². The summed E-state index contributed by atoms with van der Waals surface area (Å²) in [5.41, 5.74) is 1.07. The van der Waals surface area contributed by atoms with E-state index in [-0.39, 0.29) is 10.8 Å². The van der Waals surface area contributed by atoms with Crippen molar-refractivity contribution in [2.75, 3.05) is 17.6 Å². The van der Waals surface area contributed by atoms with Crippen LogP contribution in [0.25, 0.3) is 0 Å². The second kappa shape index (κ2) is 8.71. The van der Waals surface area contributed by atoms with Gasteiger partial charge in [-0.1, -0.05) is 17.7 Å². The Kier molecular flexibility index (Phi) is 6.89. The standard InChI is InChI=1S/C17H19ClN2O3S2/c1-12-3-6-15(20-13(2)21)11-17(12)25(22,23)19-9-10-24-16-7-4-14(18)5-8-16/h3-8,11,19H,9-10H2,1-2H3,(H,20,21). The number of aryl methyl sites for hydroxylation is 1. The van der Waals surface area contributed by atoms with Gasteiger partial charge in [0.15, 0.2) is 0 Å². The van der Waals surface area contributed by atoms with E-state index in [1.54, 1.807) is 31.2 Å². The van der Waals surface area contributed by atoms with Crippen LogP contribution in [-0.4, -0.2) is 26.6 Å². The summed E-state index contributed by atoms with van der Waals surface area (Å²) in [6.07, 6.45) is 0. The summed E-state index contributed by atoms with van der Waals surface area (Å²) in [6.45, 7) is 3.38. The fraction of sp³-hybridized carbons (Fsp3) is 0.235. The Morgan fingerprint density at radius 3 is 2.48 bits per heavy atom. The first kappa shape index (κ1) is 19.8. The summed E-state index contributed by atoms with van der Waals surface area (Å²) in [5, 5.41) is 3.26. The van der Waals surface area contributed by atoms with Gasteiger partial charge in [0.2, 0.25) is 15.9 Å². The van der Waals surface area contributed by atoms with Crippen molar-refractivity contribution in [1.29, 1.82) is 0 Å². The maximum absolute atomic E-state index is 12.5. The highest BCUT2D eigenvalue weighted by molar-refractivity contribution is 7.99. The van der Waals surface area contributed by atoms with Gasteiger partial charge in [-0.2, -0.15) is 0 Å². The molecule has 0 aliphatic rings. The normalized spacial score (nSPS) is 11.3. The van der Waals surface area contributed by atoms with Crippen molar-refractivity contribution in [3.63, 3.8) is 0 Å². The zero-order valence-electron chi connectivity index (χ0n) is 13.9. The van der Waals surface area contributed by atoms with Gasteiger partial charge in [0, 0.05) is 34.8 Å². The van der Waals surface area contributed by atoms with E-state index in [4.69, 9.17) is 11.6 Å². The molecule has 2 aromatic rings. The Labute approximate surface area is 157 Å². The third-order valence-electron chi connectivity index (χ3n) is 3.27. The molecule has 134 valence electrons. The van der Waals surface area contributed by atoms with Gasteiger partial charge >= 0.3 is 0 Å². The average molecular weight is 399 g/mol. The van der Waals surface area contributed by atoms with E-state index in [0.29, 0.717) is 28.6 Å². The maximum Gasteiger partial charge on any atom is 0.240 e. The Bertz CT molecular complexity index is 853. The highest BCUT2D eigenvalue weighted by Gasteiger charge is 2.17. The number of carbonyl (C=O) groups is 1. The van der Waals surface area contributed by atoms with Crippen LogP contribution < -0.4 is 10.0 Å². The molecule has 0 unspecified atom stereocenters. The molecule has 0 bridgehead atoms. The molecule has 1 amide bonds. The lowest BCUT2D eigenvalue weighted by molar-refractivity contribution is -0.114. The average Bonchev–Trinajstić information content (AvgIpc) is 2.54. The Balaban J connectivity index is 1.98. The molecule has 0 aliphatic heterocycles. The first-order chi connectivity index (χ1) is 11.8. The number of sulfonamides is 1. The highest BCUT2D eigenvalue weighted by atomic mass is 35.5. The molecule has 0 fully saturated rings. The van der Waals surface area contributed by atoms with Gasteiger partial charge in [-0.3, -0.25) is 4.79 Å². The van der Waals surface area contributed by atoms with E-state index >= 15 is 0 Å².